The molecule has 0 heteroatoms. The Morgan fingerprint density at radius 1 is 0.913 bits per heavy atom. The van der Waals surface area contributed by atoms with E-state index in [-0.39, 0.29) is 0 Å². The van der Waals surface area contributed by atoms with Gasteiger partial charge in [0.1, 0.15) is 0 Å². The molecule has 0 aromatic heterocycles. The Kier molecular flexibility index (Phi) is 2.97. The summed E-state index contributed by atoms with van der Waals surface area (Å²) in [5.41, 5.74) is 4.43. The third-order valence-electron chi connectivity index (χ3n) is 7.49. The smallest absolute Gasteiger partial charge is 0.00333 e. The zero-order chi connectivity index (χ0) is 15.5. The van der Waals surface area contributed by atoms with Crippen LogP contribution in [0.1, 0.15) is 57.4 Å². The van der Waals surface area contributed by atoms with E-state index in [1.807, 2.05) is 0 Å². The summed E-state index contributed by atoms with van der Waals surface area (Å²) in [5, 5.41) is 0. The molecular weight excluding hydrogens is 276 g/mol. The maximum atomic E-state index is 2.50. The van der Waals surface area contributed by atoms with Crippen LogP contribution in [0.4, 0.5) is 0 Å². The number of hydrogen-bond donors (Lipinski definition) is 0. The minimum Gasteiger partial charge on any atom is -0.0840 e. The van der Waals surface area contributed by atoms with E-state index in [0.717, 1.165) is 17.8 Å². The van der Waals surface area contributed by atoms with Crippen molar-refractivity contribution < 1.29 is 0 Å². The summed E-state index contributed by atoms with van der Waals surface area (Å²) in [6.07, 6.45) is 17.2. The zero-order valence-electron chi connectivity index (χ0n) is 14.3. The molecule has 1 aromatic carbocycles. The largest absolute Gasteiger partial charge is 0.0840 e. The number of allylic oxidation sites excluding steroid dienone is 4. The van der Waals surface area contributed by atoms with Crippen LogP contribution in [0.2, 0.25) is 0 Å². The average molecular weight is 304 g/mol. The number of hydrogen-bond acceptors (Lipinski definition) is 0. The molecule has 0 amide bonds. The maximum Gasteiger partial charge on any atom is -0.00333 e. The van der Waals surface area contributed by atoms with Crippen LogP contribution in [0.5, 0.6) is 0 Å². The fourth-order valence-electron chi connectivity index (χ4n) is 7.17. The first-order valence-electron chi connectivity index (χ1n) is 9.62. The lowest BCUT2D eigenvalue weighted by Crippen LogP contribution is -2.55. The van der Waals surface area contributed by atoms with E-state index in [0.29, 0.717) is 10.8 Å². The van der Waals surface area contributed by atoms with Crippen molar-refractivity contribution in [3.8, 4) is 0 Å². The highest BCUT2D eigenvalue weighted by Crippen LogP contribution is 2.68. The Morgan fingerprint density at radius 2 is 1.61 bits per heavy atom. The summed E-state index contributed by atoms with van der Waals surface area (Å²) >= 11 is 0. The second-order valence-electron chi connectivity index (χ2n) is 9.07. The Hall–Kier alpha value is -1.30. The number of benzene rings is 1. The Bertz CT molecular complexity index is 649. The first-order valence-corrected chi connectivity index (χ1v) is 9.62. The summed E-state index contributed by atoms with van der Waals surface area (Å²) in [6.45, 7) is 2.46. The van der Waals surface area contributed by atoms with Crippen molar-refractivity contribution in [2.45, 2.75) is 57.3 Å². The fourth-order valence-corrected chi connectivity index (χ4v) is 7.17. The average Bonchev–Trinajstić information content (AvgIpc) is 2.55. The number of rotatable bonds is 2. The van der Waals surface area contributed by atoms with Crippen molar-refractivity contribution in [3.63, 3.8) is 0 Å². The van der Waals surface area contributed by atoms with Crippen molar-refractivity contribution in [2.24, 2.45) is 23.2 Å². The van der Waals surface area contributed by atoms with Crippen LogP contribution in [-0.4, -0.2) is 0 Å². The lowest BCUT2D eigenvalue weighted by atomic mass is 9.41. The molecule has 5 aliphatic carbocycles. The Morgan fingerprint density at radius 3 is 2.30 bits per heavy atom. The lowest BCUT2D eigenvalue weighted by molar-refractivity contribution is -0.0557. The minimum atomic E-state index is 0.479. The van der Waals surface area contributed by atoms with E-state index in [2.05, 4.69) is 55.5 Å². The van der Waals surface area contributed by atoms with Crippen molar-refractivity contribution in [2.75, 3.05) is 0 Å². The third-order valence-corrected chi connectivity index (χ3v) is 7.49. The topological polar surface area (TPSA) is 0 Å². The van der Waals surface area contributed by atoms with E-state index in [1.165, 1.54) is 44.9 Å². The molecule has 3 unspecified atom stereocenters. The zero-order valence-corrected chi connectivity index (χ0v) is 14.3. The predicted octanol–water partition coefficient (Wildman–Crippen LogP) is 6.05. The highest BCUT2D eigenvalue weighted by atomic mass is 14.6. The molecule has 0 nitrogen and oxygen atoms in total. The highest BCUT2D eigenvalue weighted by molar-refractivity contribution is 5.36. The molecule has 5 aliphatic rings. The molecule has 23 heavy (non-hydrogen) atoms. The van der Waals surface area contributed by atoms with Gasteiger partial charge in [-0.2, -0.15) is 0 Å². The van der Waals surface area contributed by atoms with Gasteiger partial charge in [-0.15, -0.1) is 0 Å². The summed E-state index contributed by atoms with van der Waals surface area (Å²) in [6, 6.07) is 11.5. The predicted molar refractivity (Wildman–Crippen MR) is 96.2 cm³/mol. The molecule has 4 bridgehead atoms. The molecule has 0 N–H and O–H groups in total. The van der Waals surface area contributed by atoms with Gasteiger partial charge in [-0.1, -0.05) is 61.1 Å². The molecule has 6 rings (SSSR count). The normalized spacial score (nSPS) is 44.4. The molecule has 0 radical (unpaired) electrons. The summed E-state index contributed by atoms with van der Waals surface area (Å²) in [4.78, 5) is 0. The molecule has 4 saturated carbocycles. The van der Waals surface area contributed by atoms with Crippen LogP contribution in [0, 0.1) is 23.2 Å². The monoisotopic (exact) mass is 304 g/mol. The third kappa shape index (κ3) is 2.03. The second kappa shape index (κ2) is 4.85. The van der Waals surface area contributed by atoms with Crippen LogP contribution in [-0.2, 0) is 5.41 Å². The van der Waals surface area contributed by atoms with Gasteiger partial charge >= 0.3 is 0 Å². The lowest BCUT2D eigenvalue weighted by Gasteiger charge is -2.64. The standard InChI is InChI=1S/C23H28/c1-17-7-5-6-10-21(17)23-14-18-11-19(15-23)13-22(12-18,16-23)20-8-3-2-4-9-20/h2-6,8-10,17-19H,7,11-16H2,1H3. The summed E-state index contributed by atoms with van der Waals surface area (Å²) in [5.74, 6) is 2.69. The van der Waals surface area contributed by atoms with Crippen LogP contribution >= 0.6 is 0 Å². The SMILES string of the molecule is CC1CC=CC=C1C12CC3CC(C1)CC(c1ccccc1)(C3)C2. The van der Waals surface area contributed by atoms with Crippen LogP contribution in [0.25, 0.3) is 0 Å². The van der Waals surface area contributed by atoms with E-state index in [4.69, 9.17) is 0 Å². The van der Waals surface area contributed by atoms with E-state index in [1.54, 1.807) is 11.1 Å². The first-order chi connectivity index (χ1) is 11.2. The molecule has 120 valence electrons. The van der Waals surface area contributed by atoms with Gasteiger partial charge in [0.25, 0.3) is 0 Å². The van der Waals surface area contributed by atoms with Crippen LogP contribution < -0.4 is 0 Å². The van der Waals surface area contributed by atoms with Crippen LogP contribution in [0.15, 0.2) is 54.1 Å². The quantitative estimate of drug-likeness (QED) is 0.624. The summed E-state index contributed by atoms with van der Waals surface area (Å²) in [7, 11) is 0. The minimum absolute atomic E-state index is 0.479. The van der Waals surface area contributed by atoms with Crippen molar-refractivity contribution in [1.82, 2.24) is 0 Å². The van der Waals surface area contributed by atoms with E-state index >= 15 is 0 Å². The van der Waals surface area contributed by atoms with E-state index in [9.17, 15) is 0 Å². The molecule has 3 atom stereocenters. The fraction of sp³-hybridized carbons (Fsp3) is 0.565. The molecule has 4 fully saturated rings. The van der Waals surface area contributed by atoms with Gasteiger partial charge in [0.2, 0.25) is 0 Å². The Labute approximate surface area is 140 Å². The van der Waals surface area contributed by atoms with Gasteiger partial charge in [0.15, 0.2) is 0 Å². The van der Waals surface area contributed by atoms with Gasteiger partial charge in [0, 0.05) is 0 Å². The molecule has 0 spiro atoms. The second-order valence-corrected chi connectivity index (χ2v) is 9.07. The van der Waals surface area contributed by atoms with Gasteiger partial charge in [-0.05, 0) is 79.1 Å². The van der Waals surface area contributed by atoms with Gasteiger partial charge in [0.05, 0.1) is 0 Å². The molecule has 0 aliphatic heterocycles. The van der Waals surface area contributed by atoms with E-state index < -0.39 is 0 Å². The molecule has 1 aromatic rings. The van der Waals surface area contributed by atoms with Crippen molar-refractivity contribution in [1.29, 1.82) is 0 Å². The molecule has 0 saturated heterocycles. The summed E-state index contributed by atoms with van der Waals surface area (Å²) < 4.78 is 0. The first kappa shape index (κ1) is 14.1. The molecular formula is C23H28. The molecule has 0 heterocycles. The van der Waals surface area contributed by atoms with Crippen molar-refractivity contribution in [3.05, 3.63) is 59.7 Å². The Balaban J connectivity index is 1.60. The van der Waals surface area contributed by atoms with Crippen LogP contribution in [0.3, 0.4) is 0 Å². The maximum absolute atomic E-state index is 2.50. The van der Waals surface area contributed by atoms with Gasteiger partial charge in [-0.3, -0.25) is 0 Å². The van der Waals surface area contributed by atoms with Crippen molar-refractivity contribution >= 4 is 0 Å². The van der Waals surface area contributed by atoms with Gasteiger partial charge < -0.3 is 0 Å². The van der Waals surface area contributed by atoms with Gasteiger partial charge in [-0.25, -0.2) is 0 Å². The highest BCUT2D eigenvalue weighted by Gasteiger charge is 2.59.